The van der Waals surface area contributed by atoms with Crippen molar-refractivity contribution in [3.63, 3.8) is 0 Å². The van der Waals surface area contributed by atoms with Gasteiger partial charge in [-0.05, 0) is 31.0 Å². The summed E-state index contributed by atoms with van der Waals surface area (Å²) >= 11 is 0. The van der Waals surface area contributed by atoms with Crippen molar-refractivity contribution in [3.05, 3.63) is 30.1 Å². The molecule has 6 nitrogen and oxygen atoms in total. The second-order valence-electron chi connectivity index (χ2n) is 4.50. The normalized spacial score (nSPS) is 11.7. The third-order valence-corrected chi connectivity index (χ3v) is 2.96. The Hall–Kier alpha value is -2.11. The molecular formula is C14H21N3O3. The van der Waals surface area contributed by atoms with E-state index in [0.29, 0.717) is 25.9 Å². The summed E-state index contributed by atoms with van der Waals surface area (Å²) in [4.78, 5) is 28.6. The van der Waals surface area contributed by atoms with Crippen LogP contribution in [0.2, 0.25) is 0 Å². The van der Waals surface area contributed by atoms with Crippen molar-refractivity contribution in [2.75, 3.05) is 6.54 Å². The fraction of sp³-hybridized carbons (Fsp3) is 0.500. The van der Waals surface area contributed by atoms with Crippen LogP contribution in [0.4, 0.5) is 4.79 Å². The van der Waals surface area contributed by atoms with Gasteiger partial charge in [-0.1, -0.05) is 13.3 Å². The molecule has 0 unspecified atom stereocenters. The number of carboxylic acids is 1. The first-order valence-electron chi connectivity index (χ1n) is 6.75. The summed E-state index contributed by atoms with van der Waals surface area (Å²) in [6.45, 7) is 4.68. The summed E-state index contributed by atoms with van der Waals surface area (Å²) in [5.41, 5.74) is 0.958. The van der Waals surface area contributed by atoms with Gasteiger partial charge in [0.15, 0.2) is 0 Å². The highest BCUT2D eigenvalue weighted by atomic mass is 16.4. The number of pyridine rings is 1. The number of nitrogens with one attached hydrogen (secondary N) is 1. The molecule has 0 aliphatic carbocycles. The van der Waals surface area contributed by atoms with Crippen molar-refractivity contribution in [2.45, 2.75) is 39.3 Å². The quantitative estimate of drug-likeness (QED) is 0.798. The van der Waals surface area contributed by atoms with Crippen molar-refractivity contribution < 1.29 is 14.7 Å². The number of amides is 2. The summed E-state index contributed by atoms with van der Waals surface area (Å²) < 4.78 is 0. The van der Waals surface area contributed by atoms with Crippen molar-refractivity contribution in [1.82, 2.24) is 15.2 Å². The zero-order valence-electron chi connectivity index (χ0n) is 11.9. The number of hydrogen-bond donors (Lipinski definition) is 2. The Morgan fingerprint density at radius 3 is 2.50 bits per heavy atom. The number of aromatic nitrogens is 1. The summed E-state index contributed by atoms with van der Waals surface area (Å²) in [6.07, 6.45) is 4.46. The number of carbonyl (C=O) groups is 2. The zero-order valence-corrected chi connectivity index (χ0v) is 11.9. The van der Waals surface area contributed by atoms with E-state index in [4.69, 9.17) is 5.11 Å². The number of carbonyl (C=O) groups excluding carboxylic acids is 1. The van der Waals surface area contributed by atoms with Gasteiger partial charge in [-0.2, -0.15) is 0 Å². The smallest absolute Gasteiger partial charge is 0.326 e. The molecule has 20 heavy (non-hydrogen) atoms. The molecule has 1 aromatic rings. The molecule has 6 heteroatoms. The standard InChI is InChI=1S/C14H21N3O3/c1-3-5-12(13(18)19)16-14(20)17(4-2)10-11-6-8-15-9-7-11/h6-9,12H,3-5,10H2,1-2H3,(H,16,20)(H,18,19)/t12-/m0/s1. The molecule has 1 aromatic heterocycles. The average molecular weight is 279 g/mol. The Labute approximate surface area is 118 Å². The van der Waals surface area contributed by atoms with Gasteiger partial charge >= 0.3 is 12.0 Å². The van der Waals surface area contributed by atoms with E-state index in [2.05, 4.69) is 10.3 Å². The van der Waals surface area contributed by atoms with E-state index in [0.717, 1.165) is 5.56 Å². The molecule has 0 bridgehead atoms. The minimum atomic E-state index is -1.000. The van der Waals surface area contributed by atoms with Crippen molar-refractivity contribution in [3.8, 4) is 0 Å². The summed E-state index contributed by atoms with van der Waals surface area (Å²) in [6, 6.07) is 2.47. The Kier molecular flexibility index (Phi) is 6.49. The molecule has 0 fully saturated rings. The molecule has 0 spiro atoms. The fourth-order valence-corrected chi connectivity index (χ4v) is 1.82. The lowest BCUT2D eigenvalue weighted by Gasteiger charge is -2.24. The van der Waals surface area contributed by atoms with Crippen LogP contribution < -0.4 is 5.32 Å². The molecule has 0 saturated heterocycles. The monoisotopic (exact) mass is 279 g/mol. The van der Waals surface area contributed by atoms with Crippen LogP contribution in [0.1, 0.15) is 32.3 Å². The number of carboxylic acid groups (broad SMARTS) is 1. The van der Waals surface area contributed by atoms with Gasteiger partial charge in [-0.25, -0.2) is 9.59 Å². The zero-order chi connectivity index (χ0) is 15.0. The first kappa shape index (κ1) is 15.9. The van der Waals surface area contributed by atoms with Gasteiger partial charge < -0.3 is 15.3 Å². The molecule has 2 N–H and O–H groups in total. The van der Waals surface area contributed by atoms with Crippen molar-refractivity contribution in [2.24, 2.45) is 0 Å². The van der Waals surface area contributed by atoms with E-state index in [9.17, 15) is 9.59 Å². The van der Waals surface area contributed by atoms with Gasteiger partial charge in [0.2, 0.25) is 0 Å². The van der Waals surface area contributed by atoms with Gasteiger partial charge in [-0.15, -0.1) is 0 Å². The van der Waals surface area contributed by atoms with Crippen LogP contribution >= 0.6 is 0 Å². The van der Waals surface area contributed by atoms with Crippen LogP contribution in [0.5, 0.6) is 0 Å². The van der Waals surface area contributed by atoms with E-state index in [1.807, 2.05) is 26.0 Å². The molecule has 0 aromatic carbocycles. The Bertz CT molecular complexity index is 437. The van der Waals surface area contributed by atoms with Crippen molar-refractivity contribution >= 4 is 12.0 Å². The van der Waals surface area contributed by atoms with Crippen molar-refractivity contribution in [1.29, 1.82) is 0 Å². The molecular weight excluding hydrogens is 258 g/mol. The summed E-state index contributed by atoms with van der Waals surface area (Å²) in [5, 5.41) is 11.6. The van der Waals surface area contributed by atoms with Gasteiger partial charge in [0.05, 0.1) is 0 Å². The molecule has 2 amide bonds. The lowest BCUT2D eigenvalue weighted by atomic mass is 10.2. The Morgan fingerprint density at radius 1 is 1.35 bits per heavy atom. The van der Waals surface area contributed by atoms with E-state index in [-0.39, 0.29) is 6.03 Å². The number of aliphatic carboxylic acids is 1. The molecule has 110 valence electrons. The maximum absolute atomic E-state index is 12.1. The first-order valence-corrected chi connectivity index (χ1v) is 6.75. The molecule has 0 aliphatic heterocycles. The summed E-state index contributed by atoms with van der Waals surface area (Å²) in [7, 11) is 0. The highest BCUT2D eigenvalue weighted by Gasteiger charge is 2.21. The number of nitrogens with zero attached hydrogens (tertiary/aromatic N) is 2. The molecule has 1 heterocycles. The Balaban J connectivity index is 2.64. The lowest BCUT2D eigenvalue weighted by molar-refractivity contribution is -0.139. The SMILES string of the molecule is CCC[C@H](NC(=O)N(CC)Cc1ccncc1)C(=O)O. The predicted molar refractivity (Wildman–Crippen MR) is 75.2 cm³/mol. The number of rotatable bonds is 7. The second-order valence-corrected chi connectivity index (χ2v) is 4.50. The molecule has 1 atom stereocenters. The van der Waals surface area contributed by atoms with Crippen LogP contribution in [0.3, 0.4) is 0 Å². The van der Waals surface area contributed by atoms with E-state index in [1.54, 1.807) is 17.3 Å². The second kappa shape index (κ2) is 8.14. The van der Waals surface area contributed by atoms with Gasteiger partial charge in [0.1, 0.15) is 6.04 Å². The molecule has 0 radical (unpaired) electrons. The Morgan fingerprint density at radius 2 is 2.00 bits per heavy atom. The van der Waals surface area contributed by atoms with E-state index in [1.165, 1.54) is 0 Å². The summed E-state index contributed by atoms with van der Waals surface area (Å²) in [5.74, 6) is -1.000. The van der Waals surface area contributed by atoms with Crippen LogP contribution in [-0.2, 0) is 11.3 Å². The maximum Gasteiger partial charge on any atom is 0.326 e. The van der Waals surface area contributed by atoms with Crippen LogP contribution in [0, 0.1) is 0 Å². The minimum absolute atomic E-state index is 0.356. The highest BCUT2D eigenvalue weighted by Crippen LogP contribution is 2.05. The largest absolute Gasteiger partial charge is 0.480 e. The van der Waals surface area contributed by atoms with Gasteiger partial charge in [-0.3, -0.25) is 4.98 Å². The van der Waals surface area contributed by atoms with Gasteiger partial charge in [0.25, 0.3) is 0 Å². The third-order valence-electron chi connectivity index (χ3n) is 2.96. The minimum Gasteiger partial charge on any atom is -0.480 e. The molecule has 0 saturated carbocycles. The number of hydrogen-bond acceptors (Lipinski definition) is 3. The lowest BCUT2D eigenvalue weighted by Crippen LogP contribution is -2.47. The number of urea groups is 1. The predicted octanol–water partition coefficient (Wildman–Crippen LogP) is 1.87. The fourth-order valence-electron chi connectivity index (χ4n) is 1.82. The average Bonchev–Trinajstić information content (AvgIpc) is 2.45. The van der Waals surface area contributed by atoms with Crippen LogP contribution in [0.15, 0.2) is 24.5 Å². The topological polar surface area (TPSA) is 82.5 Å². The van der Waals surface area contributed by atoms with Gasteiger partial charge in [0, 0.05) is 25.5 Å². The third kappa shape index (κ3) is 4.87. The molecule has 1 rings (SSSR count). The molecule has 0 aliphatic rings. The maximum atomic E-state index is 12.1. The van der Waals surface area contributed by atoms with E-state index >= 15 is 0 Å². The van der Waals surface area contributed by atoms with E-state index < -0.39 is 12.0 Å². The van der Waals surface area contributed by atoms with Crippen LogP contribution in [-0.4, -0.2) is 39.6 Å². The first-order chi connectivity index (χ1) is 9.58. The highest BCUT2D eigenvalue weighted by molar-refractivity contribution is 5.82. The van der Waals surface area contributed by atoms with Crippen LogP contribution in [0.25, 0.3) is 0 Å².